The van der Waals surface area contributed by atoms with Gasteiger partial charge in [-0.05, 0) is 18.4 Å². The highest BCUT2D eigenvalue weighted by molar-refractivity contribution is 6.32. The van der Waals surface area contributed by atoms with Crippen LogP contribution in [0.5, 0.6) is 0 Å². The highest BCUT2D eigenvalue weighted by Gasteiger charge is 2.38. The van der Waals surface area contributed by atoms with Crippen LogP contribution in [0.2, 0.25) is 0 Å². The molecule has 0 bridgehead atoms. The lowest BCUT2D eigenvalue weighted by Crippen LogP contribution is -2.44. The third-order valence-corrected chi connectivity index (χ3v) is 3.37. The van der Waals surface area contributed by atoms with E-state index in [0.29, 0.717) is 19.4 Å². The summed E-state index contributed by atoms with van der Waals surface area (Å²) in [6.07, 6.45) is 1.17. The van der Waals surface area contributed by atoms with Crippen molar-refractivity contribution in [2.24, 2.45) is 0 Å². The Hall–Kier alpha value is -2.37. The lowest BCUT2D eigenvalue weighted by Gasteiger charge is -2.21. The second kappa shape index (κ2) is 6.88. The van der Waals surface area contributed by atoms with Crippen molar-refractivity contribution in [2.45, 2.75) is 25.5 Å². The molecule has 0 radical (unpaired) electrons. The van der Waals surface area contributed by atoms with E-state index in [9.17, 15) is 14.4 Å². The Labute approximate surface area is 122 Å². The fourth-order valence-corrected chi connectivity index (χ4v) is 2.29. The molecule has 2 rings (SSSR count). The van der Waals surface area contributed by atoms with Gasteiger partial charge in [-0.15, -0.1) is 0 Å². The molecule has 1 aliphatic heterocycles. The number of benzene rings is 1. The van der Waals surface area contributed by atoms with Crippen molar-refractivity contribution in [2.75, 3.05) is 13.7 Å². The van der Waals surface area contributed by atoms with Crippen LogP contribution >= 0.6 is 0 Å². The lowest BCUT2D eigenvalue weighted by molar-refractivity contribution is -0.164. The van der Waals surface area contributed by atoms with Gasteiger partial charge in [-0.1, -0.05) is 30.3 Å². The van der Waals surface area contributed by atoms with Gasteiger partial charge in [-0.25, -0.2) is 9.59 Å². The molecule has 0 spiro atoms. The van der Waals surface area contributed by atoms with E-state index in [1.54, 1.807) is 12.1 Å². The van der Waals surface area contributed by atoms with Crippen molar-refractivity contribution in [1.29, 1.82) is 0 Å². The van der Waals surface area contributed by atoms with E-state index in [2.05, 4.69) is 4.74 Å². The number of hydrogen-bond acceptors (Lipinski definition) is 5. The Balaban J connectivity index is 1.93. The van der Waals surface area contributed by atoms with E-state index < -0.39 is 23.9 Å². The highest BCUT2D eigenvalue weighted by Crippen LogP contribution is 2.19. The van der Waals surface area contributed by atoms with Gasteiger partial charge in [0.2, 0.25) is 0 Å². The minimum atomic E-state index is -0.949. The average molecular weight is 291 g/mol. The molecule has 1 amide bonds. The van der Waals surface area contributed by atoms with E-state index in [-0.39, 0.29) is 6.61 Å². The van der Waals surface area contributed by atoms with Crippen LogP contribution in [0.25, 0.3) is 0 Å². The summed E-state index contributed by atoms with van der Waals surface area (Å²) < 4.78 is 9.62. The van der Waals surface area contributed by atoms with Crippen molar-refractivity contribution in [1.82, 2.24) is 4.90 Å². The summed E-state index contributed by atoms with van der Waals surface area (Å²) in [5.74, 6) is -2.25. The zero-order valence-corrected chi connectivity index (χ0v) is 11.8. The van der Waals surface area contributed by atoms with Gasteiger partial charge in [0.1, 0.15) is 12.6 Å². The molecule has 1 heterocycles. The zero-order chi connectivity index (χ0) is 15.2. The fraction of sp³-hybridized carbons (Fsp3) is 0.400. The summed E-state index contributed by atoms with van der Waals surface area (Å²) in [6, 6.07) is 8.39. The fourth-order valence-electron chi connectivity index (χ4n) is 2.29. The molecule has 0 aliphatic carbocycles. The Bertz CT molecular complexity index is 528. The van der Waals surface area contributed by atoms with Crippen molar-refractivity contribution in [3.05, 3.63) is 35.9 Å². The Morgan fingerprint density at radius 3 is 2.62 bits per heavy atom. The summed E-state index contributed by atoms with van der Waals surface area (Å²) in [5, 5.41) is 0. The maximum atomic E-state index is 12.0. The van der Waals surface area contributed by atoms with Gasteiger partial charge in [-0.3, -0.25) is 4.79 Å². The Kier molecular flexibility index (Phi) is 4.92. The third-order valence-electron chi connectivity index (χ3n) is 3.37. The molecule has 0 saturated carbocycles. The van der Waals surface area contributed by atoms with Crippen molar-refractivity contribution in [3.8, 4) is 0 Å². The first-order valence-electron chi connectivity index (χ1n) is 6.73. The van der Waals surface area contributed by atoms with Crippen LogP contribution in [0.15, 0.2) is 30.3 Å². The van der Waals surface area contributed by atoms with E-state index in [1.807, 2.05) is 18.2 Å². The Morgan fingerprint density at radius 1 is 1.24 bits per heavy atom. The number of carbonyl (C=O) groups excluding carboxylic acids is 3. The van der Waals surface area contributed by atoms with Gasteiger partial charge >= 0.3 is 17.8 Å². The molecule has 1 aromatic rings. The molecular weight excluding hydrogens is 274 g/mol. The molecular formula is C15H17NO5. The first-order chi connectivity index (χ1) is 10.1. The first-order valence-corrected chi connectivity index (χ1v) is 6.73. The van der Waals surface area contributed by atoms with E-state index in [0.717, 1.165) is 5.56 Å². The molecule has 112 valence electrons. The van der Waals surface area contributed by atoms with Crippen LogP contribution in [0.1, 0.15) is 18.4 Å². The summed E-state index contributed by atoms with van der Waals surface area (Å²) in [4.78, 5) is 36.6. The van der Waals surface area contributed by atoms with E-state index in [1.165, 1.54) is 12.0 Å². The summed E-state index contributed by atoms with van der Waals surface area (Å²) in [5.41, 5.74) is 0.796. The molecule has 1 fully saturated rings. The van der Waals surface area contributed by atoms with Gasteiger partial charge in [0.25, 0.3) is 0 Å². The summed E-state index contributed by atoms with van der Waals surface area (Å²) in [7, 11) is 1.26. The molecule has 1 aliphatic rings. The number of likely N-dealkylation sites (tertiary alicyclic amines) is 1. The topological polar surface area (TPSA) is 72.9 Å². The number of ether oxygens (including phenoxy) is 2. The van der Waals surface area contributed by atoms with E-state index in [4.69, 9.17) is 4.74 Å². The lowest BCUT2D eigenvalue weighted by atomic mass is 10.2. The number of rotatable bonds is 3. The number of esters is 2. The second-order valence-electron chi connectivity index (χ2n) is 4.74. The van der Waals surface area contributed by atoms with Crippen molar-refractivity contribution in [3.63, 3.8) is 0 Å². The molecule has 1 saturated heterocycles. The van der Waals surface area contributed by atoms with Crippen LogP contribution in [0, 0.1) is 0 Å². The zero-order valence-electron chi connectivity index (χ0n) is 11.8. The average Bonchev–Trinajstić information content (AvgIpc) is 3.01. The first kappa shape index (κ1) is 15.0. The SMILES string of the molecule is COC(=O)[C@@H]1CCCN1C(=O)C(=O)OCc1ccccc1. The molecule has 0 aromatic heterocycles. The standard InChI is InChI=1S/C15H17NO5/c1-20-14(18)12-8-5-9-16(12)13(17)15(19)21-10-11-6-3-2-4-7-11/h2-4,6-7,12H,5,8-10H2,1H3/t12-/m0/s1. The molecule has 1 aromatic carbocycles. The summed E-state index contributed by atoms with van der Waals surface area (Å²) >= 11 is 0. The molecule has 1 atom stereocenters. The highest BCUT2D eigenvalue weighted by atomic mass is 16.5. The maximum Gasteiger partial charge on any atom is 0.397 e. The monoisotopic (exact) mass is 291 g/mol. The minimum Gasteiger partial charge on any atom is -0.467 e. The summed E-state index contributed by atoms with van der Waals surface area (Å²) in [6.45, 7) is 0.390. The van der Waals surface area contributed by atoms with Crippen LogP contribution in [0.4, 0.5) is 0 Å². The molecule has 0 unspecified atom stereocenters. The van der Waals surface area contributed by atoms with Crippen LogP contribution in [-0.2, 0) is 30.5 Å². The molecule has 21 heavy (non-hydrogen) atoms. The quantitative estimate of drug-likeness (QED) is 0.611. The van der Waals surface area contributed by atoms with E-state index >= 15 is 0 Å². The third kappa shape index (κ3) is 3.59. The van der Waals surface area contributed by atoms with Gasteiger partial charge in [0, 0.05) is 6.54 Å². The second-order valence-corrected chi connectivity index (χ2v) is 4.74. The molecule has 6 nitrogen and oxygen atoms in total. The van der Waals surface area contributed by atoms with Crippen molar-refractivity contribution < 1.29 is 23.9 Å². The molecule has 0 N–H and O–H groups in total. The minimum absolute atomic E-state index is 0.0299. The van der Waals surface area contributed by atoms with Crippen molar-refractivity contribution >= 4 is 17.8 Å². The van der Waals surface area contributed by atoms with Crippen LogP contribution in [-0.4, -0.2) is 42.4 Å². The van der Waals surface area contributed by atoms with Gasteiger partial charge < -0.3 is 14.4 Å². The number of amides is 1. The number of methoxy groups -OCH3 is 1. The van der Waals surface area contributed by atoms with Crippen LogP contribution in [0.3, 0.4) is 0 Å². The van der Waals surface area contributed by atoms with Gasteiger partial charge in [0.15, 0.2) is 0 Å². The predicted octanol–water partition coefficient (Wildman–Crippen LogP) is 0.894. The maximum absolute atomic E-state index is 12.0. The number of nitrogens with zero attached hydrogens (tertiary/aromatic N) is 1. The predicted molar refractivity (Wildman–Crippen MR) is 73.0 cm³/mol. The molecule has 6 heteroatoms. The largest absolute Gasteiger partial charge is 0.467 e. The number of carbonyl (C=O) groups is 3. The van der Waals surface area contributed by atoms with Crippen LogP contribution < -0.4 is 0 Å². The van der Waals surface area contributed by atoms with Gasteiger partial charge in [0.05, 0.1) is 7.11 Å². The Morgan fingerprint density at radius 2 is 1.95 bits per heavy atom. The number of hydrogen-bond donors (Lipinski definition) is 0. The smallest absolute Gasteiger partial charge is 0.397 e. The van der Waals surface area contributed by atoms with Gasteiger partial charge in [-0.2, -0.15) is 0 Å². The normalized spacial score (nSPS) is 17.4.